The molecule has 0 saturated heterocycles. The van der Waals surface area contributed by atoms with Crippen LogP contribution in [0.3, 0.4) is 0 Å². The first kappa shape index (κ1) is 15.5. The number of anilines is 1. The molecule has 2 aromatic rings. The summed E-state index contributed by atoms with van der Waals surface area (Å²) < 4.78 is 45.1. The summed E-state index contributed by atoms with van der Waals surface area (Å²) in [7, 11) is 0. The van der Waals surface area contributed by atoms with Crippen molar-refractivity contribution in [2.45, 2.75) is 6.18 Å². The number of aromatic nitrogens is 2. The van der Waals surface area contributed by atoms with E-state index in [1.165, 1.54) is 30.6 Å². The summed E-state index contributed by atoms with van der Waals surface area (Å²) >= 11 is 0. The third-order valence-electron chi connectivity index (χ3n) is 2.20. The molecule has 0 spiro atoms. The average molecular weight is 313 g/mol. The van der Waals surface area contributed by atoms with E-state index in [4.69, 9.17) is 4.74 Å². The first-order valence-corrected chi connectivity index (χ1v) is 5.98. The van der Waals surface area contributed by atoms with Gasteiger partial charge in [0.15, 0.2) is 6.61 Å². The molecule has 22 heavy (non-hydrogen) atoms. The molecule has 1 N–H and O–H groups in total. The SMILES string of the molecule is O=C(Nc1cccc(Oc2ncccn2)c1)OCC(F)(F)F. The van der Waals surface area contributed by atoms with E-state index in [-0.39, 0.29) is 11.7 Å². The number of nitrogens with one attached hydrogen (secondary N) is 1. The van der Waals surface area contributed by atoms with Crippen LogP contribution in [0.15, 0.2) is 42.7 Å². The molecular formula is C13H10F3N3O3. The summed E-state index contributed by atoms with van der Waals surface area (Å²) in [6.45, 7) is -1.66. The normalized spacial score (nSPS) is 10.9. The lowest BCUT2D eigenvalue weighted by atomic mass is 10.3. The molecule has 0 aliphatic rings. The van der Waals surface area contributed by atoms with Crippen LogP contribution in [0, 0.1) is 0 Å². The Kier molecular flexibility index (Phi) is 4.77. The summed E-state index contributed by atoms with van der Waals surface area (Å²) in [5.41, 5.74) is 0.209. The van der Waals surface area contributed by atoms with Crippen molar-refractivity contribution in [3.63, 3.8) is 0 Å². The van der Waals surface area contributed by atoms with Gasteiger partial charge in [-0.3, -0.25) is 5.32 Å². The average Bonchev–Trinajstić information content (AvgIpc) is 2.46. The van der Waals surface area contributed by atoms with E-state index in [1.807, 2.05) is 0 Å². The smallest absolute Gasteiger partial charge is 0.422 e. The topological polar surface area (TPSA) is 73.3 Å². The van der Waals surface area contributed by atoms with Crippen LogP contribution in [0.25, 0.3) is 0 Å². The third-order valence-corrected chi connectivity index (χ3v) is 2.20. The Morgan fingerprint density at radius 3 is 2.59 bits per heavy atom. The number of carbonyl (C=O) groups is 1. The number of ether oxygens (including phenoxy) is 2. The molecule has 1 amide bonds. The van der Waals surface area contributed by atoms with Gasteiger partial charge in [0, 0.05) is 24.1 Å². The van der Waals surface area contributed by atoms with Crippen LogP contribution >= 0.6 is 0 Å². The van der Waals surface area contributed by atoms with Crippen molar-refractivity contribution in [1.29, 1.82) is 0 Å². The standard InChI is InChI=1S/C13H10F3N3O3/c14-13(15,16)8-21-12(20)19-9-3-1-4-10(7-9)22-11-17-5-2-6-18-11/h1-7H,8H2,(H,19,20). The van der Waals surface area contributed by atoms with Crippen LogP contribution in [0.1, 0.15) is 0 Å². The summed E-state index contributed by atoms with van der Waals surface area (Å²) in [4.78, 5) is 18.9. The van der Waals surface area contributed by atoms with Crippen LogP contribution in [0.5, 0.6) is 11.8 Å². The maximum absolute atomic E-state index is 11.9. The minimum Gasteiger partial charge on any atom is -0.440 e. The summed E-state index contributed by atoms with van der Waals surface area (Å²) in [5.74, 6) is 0.305. The zero-order valence-electron chi connectivity index (χ0n) is 11.0. The summed E-state index contributed by atoms with van der Waals surface area (Å²) in [6.07, 6.45) is -2.82. The molecule has 2 rings (SSSR count). The highest BCUT2D eigenvalue weighted by Crippen LogP contribution is 2.21. The Morgan fingerprint density at radius 2 is 1.91 bits per heavy atom. The molecule has 1 aromatic heterocycles. The number of hydrogen-bond acceptors (Lipinski definition) is 5. The zero-order chi connectivity index (χ0) is 16.0. The number of alkyl halides is 3. The van der Waals surface area contributed by atoms with E-state index in [9.17, 15) is 18.0 Å². The van der Waals surface area contributed by atoms with Crippen molar-refractivity contribution in [1.82, 2.24) is 9.97 Å². The van der Waals surface area contributed by atoms with Crippen molar-refractivity contribution < 1.29 is 27.4 Å². The van der Waals surface area contributed by atoms with Gasteiger partial charge in [-0.1, -0.05) is 6.07 Å². The van der Waals surface area contributed by atoms with E-state index in [0.717, 1.165) is 0 Å². The van der Waals surface area contributed by atoms with Crippen LogP contribution < -0.4 is 10.1 Å². The van der Waals surface area contributed by atoms with E-state index in [1.54, 1.807) is 12.1 Å². The van der Waals surface area contributed by atoms with E-state index >= 15 is 0 Å². The van der Waals surface area contributed by atoms with Gasteiger partial charge in [0.05, 0.1) is 0 Å². The quantitative estimate of drug-likeness (QED) is 0.936. The van der Waals surface area contributed by atoms with Gasteiger partial charge in [0.25, 0.3) is 0 Å². The second-order valence-corrected chi connectivity index (χ2v) is 3.98. The molecule has 0 bridgehead atoms. The highest BCUT2D eigenvalue weighted by atomic mass is 19.4. The monoisotopic (exact) mass is 313 g/mol. The molecule has 0 aliphatic heterocycles. The predicted octanol–water partition coefficient (Wildman–Crippen LogP) is 3.38. The molecule has 0 saturated carbocycles. The number of halogens is 3. The zero-order valence-corrected chi connectivity index (χ0v) is 11.0. The van der Waals surface area contributed by atoms with Crippen LogP contribution in [0.2, 0.25) is 0 Å². The fourth-order valence-electron chi connectivity index (χ4n) is 1.38. The molecule has 1 heterocycles. The Balaban J connectivity index is 1.95. The Labute approximate surface area is 122 Å². The van der Waals surface area contributed by atoms with Crippen molar-refractivity contribution in [3.05, 3.63) is 42.7 Å². The van der Waals surface area contributed by atoms with Crippen LogP contribution in [-0.4, -0.2) is 28.8 Å². The Hall–Kier alpha value is -2.84. The molecule has 9 heteroatoms. The van der Waals surface area contributed by atoms with Gasteiger partial charge in [-0.15, -0.1) is 0 Å². The lowest BCUT2D eigenvalue weighted by Gasteiger charge is -2.10. The van der Waals surface area contributed by atoms with Crippen LogP contribution in [0.4, 0.5) is 23.7 Å². The third kappa shape index (κ3) is 5.27. The lowest BCUT2D eigenvalue weighted by Crippen LogP contribution is -2.23. The largest absolute Gasteiger partial charge is 0.440 e. The molecule has 0 fully saturated rings. The second-order valence-electron chi connectivity index (χ2n) is 3.98. The minimum atomic E-state index is -4.58. The van der Waals surface area contributed by atoms with Crippen LogP contribution in [-0.2, 0) is 4.74 Å². The van der Waals surface area contributed by atoms with Gasteiger partial charge in [-0.25, -0.2) is 14.8 Å². The van der Waals surface area contributed by atoms with E-state index in [0.29, 0.717) is 5.75 Å². The Bertz CT molecular complexity index is 635. The highest BCUT2D eigenvalue weighted by Gasteiger charge is 2.29. The van der Waals surface area contributed by atoms with Gasteiger partial charge >= 0.3 is 18.3 Å². The van der Waals surface area contributed by atoms with E-state index < -0.39 is 18.9 Å². The van der Waals surface area contributed by atoms with E-state index in [2.05, 4.69) is 20.0 Å². The molecule has 0 radical (unpaired) electrons. The van der Waals surface area contributed by atoms with Crippen molar-refractivity contribution in [2.24, 2.45) is 0 Å². The fraction of sp³-hybridized carbons (Fsp3) is 0.154. The van der Waals surface area contributed by atoms with Crippen molar-refractivity contribution in [2.75, 3.05) is 11.9 Å². The maximum Gasteiger partial charge on any atom is 0.422 e. The predicted molar refractivity (Wildman–Crippen MR) is 69.6 cm³/mol. The van der Waals surface area contributed by atoms with Gasteiger partial charge in [-0.2, -0.15) is 13.2 Å². The number of benzene rings is 1. The highest BCUT2D eigenvalue weighted by molar-refractivity contribution is 5.84. The van der Waals surface area contributed by atoms with Crippen molar-refractivity contribution in [3.8, 4) is 11.8 Å². The Morgan fingerprint density at radius 1 is 1.18 bits per heavy atom. The molecule has 0 aliphatic carbocycles. The number of nitrogens with zero attached hydrogens (tertiary/aromatic N) is 2. The first-order valence-electron chi connectivity index (χ1n) is 5.98. The van der Waals surface area contributed by atoms with Gasteiger partial charge < -0.3 is 9.47 Å². The number of carbonyl (C=O) groups excluding carboxylic acids is 1. The molecule has 6 nitrogen and oxygen atoms in total. The number of amides is 1. The molecular weight excluding hydrogens is 303 g/mol. The summed E-state index contributed by atoms with van der Waals surface area (Å²) in [5, 5.41) is 2.16. The minimum absolute atomic E-state index is 0.0966. The maximum atomic E-state index is 11.9. The fourth-order valence-corrected chi connectivity index (χ4v) is 1.38. The molecule has 0 atom stereocenters. The molecule has 1 aromatic carbocycles. The number of hydrogen-bond donors (Lipinski definition) is 1. The lowest BCUT2D eigenvalue weighted by molar-refractivity contribution is -0.159. The molecule has 116 valence electrons. The summed E-state index contributed by atoms with van der Waals surface area (Å²) in [6, 6.07) is 7.68. The number of rotatable bonds is 4. The second kappa shape index (κ2) is 6.74. The molecule has 0 unspecified atom stereocenters. The van der Waals surface area contributed by atoms with Gasteiger partial charge in [0.1, 0.15) is 5.75 Å². The van der Waals surface area contributed by atoms with Gasteiger partial charge in [0.2, 0.25) is 0 Å². The van der Waals surface area contributed by atoms with Crippen molar-refractivity contribution >= 4 is 11.8 Å². The first-order chi connectivity index (χ1) is 10.4. The van der Waals surface area contributed by atoms with Gasteiger partial charge in [-0.05, 0) is 18.2 Å².